The highest BCUT2D eigenvalue weighted by Crippen LogP contribution is 2.57. The number of esters is 1. The number of ether oxygens (including phenoxy) is 2. The number of allylic oxidation sites excluding steroid dienone is 3. The van der Waals surface area contributed by atoms with Crippen LogP contribution in [0.1, 0.15) is 96.3 Å². The molecule has 2 aliphatic heterocycles. The van der Waals surface area contributed by atoms with Crippen LogP contribution in [0.3, 0.4) is 0 Å². The molecule has 4 saturated carbocycles. The van der Waals surface area contributed by atoms with E-state index in [-0.39, 0.29) is 67.4 Å². The number of fused-ring (bicyclic) bond motifs is 5. The maximum atomic E-state index is 14.9. The zero-order valence-electron chi connectivity index (χ0n) is 31.9. The van der Waals surface area contributed by atoms with E-state index in [0.29, 0.717) is 42.5 Å². The molecule has 5 fully saturated rings. The Bertz CT molecular complexity index is 2100. The summed E-state index contributed by atoms with van der Waals surface area (Å²) >= 11 is 0. The normalized spacial score (nSPS) is 32.0. The molecule has 1 aromatic carbocycles. The van der Waals surface area contributed by atoms with Gasteiger partial charge in [0.15, 0.2) is 11.7 Å². The van der Waals surface area contributed by atoms with Crippen molar-refractivity contribution in [2.24, 2.45) is 29.1 Å². The molecule has 8 rings (SSSR count). The molecule has 1 N–H and O–H groups in total. The van der Waals surface area contributed by atoms with Gasteiger partial charge in [0.1, 0.15) is 12.2 Å². The number of benzene rings is 1. The molecule has 6 aliphatic rings. The van der Waals surface area contributed by atoms with Gasteiger partial charge in [-0.05, 0) is 93.4 Å². The van der Waals surface area contributed by atoms with E-state index in [2.05, 4.69) is 23.5 Å². The molecule has 13 heteroatoms. The van der Waals surface area contributed by atoms with Crippen molar-refractivity contribution >= 4 is 44.4 Å². The summed E-state index contributed by atoms with van der Waals surface area (Å²) in [6.07, 6.45) is 13.3. The van der Waals surface area contributed by atoms with Crippen LogP contribution in [-0.4, -0.2) is 71.5 Å². The highest BCUT2D eigenvalue weighted by atomic mass is 32.2. The fraction of sp³-hybridized carbons (Fsp3) is 0.605. The van der Waals surface area contributed by atoms with E-state index in [4.69, 9.17) is 9.47 Å². The second-order valence-electron chi connectivity index (χ2n) is 17.1. The van der Waals surface area contributed by atoms with Gasteiger partial charge in [-0.3, -0.25) is 33.3 Å². The number of carbonyl (C=O) groups excluding carboxylic acids is 4. The molecular formula is C43H53N3O9S. The zero-order valence-corrected chi connectivity index (χ0v) is 32.8. The number of sulfonamides is 1. The third-order valence-electron chi connectivity index (χ3n) is 13.4. The van der Waals surface area contributed by atoms with Gasteiger partial charge in [0.25, 0.3) is 5.56 Å². The minimum absolute atomic E-state index is 0.0409. The van der Waals surface area contributed by atoms with E-state index in [0.717, 1.165) is 51.4 Å². The van der Waals surface area contributed by atoms with Crippen LogP contribution in [0.2, 0.25) is 0 Å². The molecule has 2 amide bonds. The number of hydrogen-bond acceptors (Lipinski definition) is 9. The van der Waals surface area contributed by atoms with Crippen molar-refractivity contribution in [3.63, 3.8) is 0 Å². The van der Waals surface area contributed by atoms with Crippen LogP contribution in [-0.2, 0) is 40.5 Å². The molecule has 300 valence electrons. The van der Waals surface area contributed by atoms with Gasteiger partial charge < -0.3 is 14.4 Å². The maximum Gasteiger partial charge on any atom is 0.306 e. The topological polar surface area (TPSA) is 158 Å². The van der Waals surface area contributed by atoms with Crippen LogP contribution >= 0.6 is 0 Å². The summed E-state index contributed by atoms with van der Waals surface area (Å²) in [6, 6.07) is 8.16. The lowest BCUT2D eigenvalue weighted by Crippen LogP contribution is -2.47. The van der Waals surface area contributed by atoms with Gasteiger partial charge in [-0.25, -0.2) is 8.42 Å². The molecule has 7 atom stereocenters. The summed E-state index contributed by atoms with van der Waals surface area (Å²) in [5.74, 6) is -2.43. The molecular weight excluding hydrogens is 735 g/mol. The van der Waals surface area contributed by atoms with Crippen molar-refractivity contribution in [3.05, 3.63) is 65.5 Å². The molecule has 2 aromatic rings. The van der Waals surface area contributed by atoms with Crippen LogP contribution in [0.5, 0.6) is 5.88 Å². The van der Waals surface area contributed by atoms with E-state index in [9.17, 15) is 32.4 Å². The standard InChI is InChI=1S/C43H53N3O9S/c1-2-30-24-43(30,42(51)44-56(52,53)32-18-19-32)25-36(47)35-22-31-26-46(35)41(50)34(27-11-5-6-12-27)23-39(48)55-37-17-10-15-28(37)13-4-3-9-20-45-38(54-31)21-29-14-7-8-16-33(29)40(45)49/h2-4,7-8,14,16,21,27-28,30-32,34-35,37H,1,5-6,9-13,15,17-20,22-26H2,(H,44,51)/b4-3+/t28-,30+,31-,34+,35+,37-,43-/m1/s1. The number of ketones is 1. The highest BCUT2D eigenvalue weighted by Gasteiger charge is 2.61. The molecule has 12 nitrogen and oxygen atoms in total. The Hall–Kier alpha value is -4.26. The van der Waals surface area contributed by atoms with Gasteiger partial charge in [-0.1, -0.05) is 49.3 Å². The fourth-order valence-corrected chi connectivity index (χ4v) is 11.3. The molecule has 0 unspecified atom stereocenters. The summed E-state index contributed by atoms with van der Waals surface area (Å²) in [6.45, 7) is 4.24. The summed E-state index contributed by atoms with van der Waals surface area (Å²) in [4.78, 5) is 72.4. The first-order chi connectivity index (χ1) is 27.0. The van der Waals surface area contributed by atoms with E-state index in [1.54, 1.807) is 16.7 Å². The number of nitrogens with one attached hydrogen (secondary N) is 1. The number of Topliss-reactive ketones (excluding diaryl/α,β-unsaturated/α-hetero) is 1. The van der Waals surface area contributed by atoms with Crippen molar-refractivity contribution in [2.45, 2.75) is 126 Å². The summed E-state index contributed by atoms with van der Waals surface area (Å²) in [7, 11) is -3.86. The number of rotatable bonds is 8. The predicted octanol–water partition coefficient (Wildman–Crippen LogP) is 5.37. The summed E-state index contributed by atoms with van der Waals surface area (Å²) in [5, 5.41) is 0.665. The Kier molecular flexibility index (Phi) is 10.7. The molecule has 0 spiro atoms. The Morgan fingerprint density at radius 1 is 0.964 bits per heavy atom. The second-order valence-corrected chi connectivity index (χ2v) is 19.1. The number of nitrogens with zero attached hydrogens (tertiary/aromatic N) is 2. The summed E-state index contributed by atoms with van der Waals surface area (Å²) < 4.78 is 42.3. The van der Waals surface area contributed by atoms with Crippen molar-refractivity contribution < 1.29 is 37.1 Å². The van der Waals surface area contributed by atoms with Gasteiger partial charge in [0, 0.05) is 30.8 Å². The van der Waals surface area contributed by atoms with Crippen molar-refractivity contribution in [3.8, 4) is 5.88 Å². The van der Waals surface area contributed by atoms with Crippen LogP contribution in [0, 0.1) is 29.1 Å². The largest absolute Gasteiger partial charge is 0.473 e. The lowest BCUT2D eigenvalue weighted by atomic mass is 9.86. The predicted molar refractivity (Wildman–Crippen MR) is 209 cm³/mol. The first-order valence-corrected chi connectivity index (χ1v) is 22.2. The van der Waals surface area contributed by atoms with Crippen molar-refractivity contribution in [2.75, 3.05) is 6.54 Å². The monoisotopic (exact) mass is 787 g/mol. The number of amides is 2. The van der Waals surface area contributed by atoms with Gasteiger partial charge in [-0.2, -0.15) is 0 Å². The Morgan fingerprint density at radius 3 is 2.48 bits per heavy atom. The average molecular weight is 788 g/mol. The number of carbonyl (C=O) groups is 4. The van der Waals surface area contributed by atoms with Crippen LogP contribution in [0.15, 0.2) is 59.9 Å². The van der Waals surface area contributed by atoms with Gasteiger partial charge >= 0.3 is 5.97 Å². The Morgan fingerprint density at radius 2 is 1.73 bits per heavy atom. The number of aromatic nitrogens is 1. The SMILES string of the molecule is C=C[C@H]1C[C@]1(CC(=O)[C@@H]1C[C@@H]2CN1C(=O)[C@H](C1CCCC1)CC(=O)O[C@@H]1CCC[C@H]1C/C=C/CCn1c(cc3ccccc3c1=O)O2)C(=O)NS(=O)(=O)C1CC1. The van der Waals surface area contributed by atoms with E-state index < -0.39 is 56.5 Å². The Balaban J connectivity index is 1.14. The van der Waals surface area contributed by atoms with Crippen molar-refractivity contribution in [1.29, 1.82) is 0 Å². The minimum atomic E-state index is -3.86. The average Bonchev–Trinajstić information content (AvgIpc) is 3.96. The fourth-order valence-electron chi connectivity index (χ4n) is 9.94. The van der Waals surface area contributed by atoms with Gasteiger partial charge in [0.2, 0.25) is 21.8 Å². The van der Waals surface area contributed by atoms with Crippen LogP contribution in [0.4, 0.5) is 0 Å². The lowest BCUT2D eigenvalue weighted by molar-refractivity contribution is -0.156. The van der Waals surface area contributed by atoms with Crippen LogP contribution < -0.4 is 15.0 Å². The number of pyridine rings is 1. The molecule has 56 heavy (non-hydrogen) atoms. The molecule has 1 aromatic heterocycles. The van der Waals surface area contributed by atoms with Gasteiger partial charge in [-0.15, -0.1) is 6.58 Å². The maximum absolute atomic E-state index is 14.9. The third-order valence-corrected chi connectivity index (χ3v) is 15.2. The van der Waals surface area contributed by atoms with Crippen LogP contribution in [0.25, 0.3) is 10.8 Å². The van der Waals surface area contributed by atoms with E-state index in [1.165, 1.54) is 4.90 Å². The van der Waals surface area contributed by atoms with E-state index in [1.807, 2.05) is 24.3 Å². The Labute approximate surface area is 328 Å². The molecule has 2 bridgehead atoms. The van der Waals surface area contributed by atoms with Crippen molar-refractivity contribution in [1.82, 2.24) is 14.2 Å². The van der Waals surface area contributed by atoms with E-state index >= 15 is 0 Å². The quantitative estimate of drug-likeness (QED) is 0.275. The first kappa shape index (κ1) is 38.6. The molecule has 0 radical (unpaired) electrons. The number of hydrogen-bond donors (Lipinski definition) is 1. The molecule has 4 aliphatic carbocycles. The summed E-state index contributed by atoms with van der Waals surface area (Å²) in [5.41, 5.74) is -1.48. The molecule has 3 heterocycles. The third kappa shape index (κ3) is 7.72. The highest BCUT2D eigenvalue weighted by molar-refractivity contribution is 7.90. The smallest absolute Gasteiger partial charge is 0.306 e. The minimum Gasteiger partial charge on any atom is -0.473 e. The first-order valence-electron chi connectivity index (χ1n) is 20.6. The zero-order chi connectivity index (χ0) is 39.2. The lowest BCUT2D eigenvalue weighted by Gasteiger charge is -2.31. The molecule has 1 saturated heterocycles. The second kappa shape index (κ2) is 15.6. The van der Waals surface area contributed by atoms with Gasteiger partial charge in [0.05, 0.1) is 35.6 Å².